The second-order valence-electron chi connectivity index (χ2n) is 6.74. The lowest BCUT2D eigenvalue weighted by Crippen LogP contribution is -2.50. The highest BCUT2D eigenvalue weighted by Crippen LogP contribution is 2.24. The van der Waals surface area contributed by atoms with E-state index in [1.54, 1.807) is 0 Å². The van der Waals surface area contributed by atoms with E-state index in [2.05, 4.69) is 20.5 Å². The van der Waals surface area contributed by atoms with E-state index in [-0.39, 0.29) is 36.0 Å². The van der Waals surface area contributed by atoms with Crippen LogP contribution in [0, 0.1) is 0 Å². The number of carbonyl (C=O) groups excluding carboxylic acids is 1. The zero-order chi connectivity index (χ0) is 19.6. The van der Waals surface area contributed by atoms with Gasteiger partial charge in [-0.1, -0.05) is 23.7 Å². The fourth-order valence-corrected chi connectivity index (χ4v) is 3.16. The van der Waals surface area contributed by atoms with Crippen molar-refractivity contribution < 1.29 is 9.53 Å². The zero-order valence-corrected chi connectivity index (χ0v) is 19.6. The van der Waals surface area contributed by atoms with Crippen molar-refractivity contribution in [2.45, 2.75) is 38.8 Å². The Balaban J connectivity index is 0.00000392. The minimum Gasteiger partial charge on any atom is -0.487 e. The summed E-state index contributed by atoms with van der Waals surface area (Å²) in [6.45, 7) is 7.35. The van der Waals surface area contributed by atoms with Gasteiger partial charge in [0.1, 0.15) is 11.9 Å². The van der Waals surface area contributed by atoms with Crippen LogP contribution in [0.3, 0.4) is 0 Å². The van der Waals surface area contributed by atoms with Gasteiger partial charge < -0.3 is 21.1 Å². The van der Waals surface area contributed by atoms with Crippen molar-refractivity contribution in [1.82, 2.24) is 15.5 Å². The van der Waals surface area contributed by atoms with Crippen molar-refractivity contribution in [2.75, 3.05) is 32.7 Å². The third kappa shape index (κ3) is 8.83. The van der Waals surface area contributed by atoms with Crippen molar-refractivity contribution in [3.05, 3.63) is 29.3 Å². The van der Waals surface area contributed by atoms with Gasteiger partial charge in [0.25, 0.3) is 0 Å². The van der Waals surface area contributed by atoms with E-state index >= 15 is 0 Å². The number of ether oxygens (including phenoxy) is 1. The molecule has 1 heterocycles. The zero-order valence-electron chi connectivity index (χ0n) is 16.5. The fraction of sp³-hybridized carbons (Fsp3) is 0.579. The standard InChI is InChI=1S/C19H30ClN5O2.HI/c1-3-22-19(24-15-8-10-25(11-9-15)13-18(21)26)23-12-14(2)27-17-7-5-4-6-16(17)20;/h4-7,14-15H,3,8-13H2,1-2H3,(H2,21,26)(H2,22,23,24);1H. The van der Waals surface area contributed by atoms with Gasteiger partial charge in [-0.25, -0.2) is 4.99 Å². The number of primary amides is 1. The highest BCUT2D eigenvalue weighted by molar-refractivity contribution is 14.0. The molecule has 28 heavy (non-hydrogen) atoms. The molecular formula is C19H31ClIN5O2. The van der Waals surface area contributed by atoms with Gasteiger partial charge in [-0.3, -0.25) is 9.69 Å². The molecule has 1 atom stereocenters. The van der Waals surface area contributed by atoms with Crippen LogP contribution >= 0.6 is 35.6 Å². The predicted molar refractivity (Wildman–Crippen MR) is 125 cm³/mol. The van der Waals surface area contributed by atoms with Gasteiger partial charge in [-0.15, -0.1) is 24.0 Å². The number of halogens is 2. The predicted octanol–water partition coefficient (Wildman–Crippen LogP) is 2.23. The van der Waals surface area contributed by atoms with Crippen LogP contribution in [0.1, 0.15) is 26.7 Å². The molecule has 0 aromatic heterocycles. The Bertz CT molecular complexity index is 639. The minimum atomic E-state index is -0.274. The van der Waals surface area contributed by atoms with E-state index in [4.69, 9.17) is 22.1 Å². The summed E-state index contributed by atoms with van der Waals surface area (Å²) in [5, 5.41) is 7.35. The van der Waals surface area contributed by atoms with Gasteiger partial charge in [-0.2, -0.15) is 0 Å². The van der Waals surface area contributed by atoms with Crippen molar-refractivity contribution in [3.8, 4) is 5.75 Å². The molecule has 2 rings (SSSR count). The summed E-state index contributed by atoms with van der Waals surface area (Å²) < 4.78 is 5.87. The van der Waals surface area contributed by atoms with E-state index in [1.807, 2.05) is 38.1 Å². The van der Waals surface area contributed by atoms with Gasteiger partial charge in [-0.05, 0) is 38.8 Å². The summed E-state index contributed by atoms with van der Waals surface area (Å²) in [4.78, 5) is 17.8. The SMILES string of the molecule is CCNC(=NCC(C)Oc1ccccc1Cl)NC1CCN(CC(N)=O)CC1.I. The molecule has 1 aromatic rings. The molecule has 4 N–H and O–H groups in total. The monoisotopic (exact) mass is 523 g/mol. The van der Waals surface area contributed by atoms with Crippen LogP contribution in [0.2, 0.25) is 5.02 Å². The minimum absolute atomic E-state index is 0. The van der Waals surface area contributed by atoms with E-state index in [1.165, 1.54) is 0 Å². The van der Waals surface area contributed by atoms with E-state index in [0.29, 0.717) is 29.9 Å². The topological polar surface area (TPSA) is 92.0 Å². The number of benzene rings is 1. The van der Waals surface area contributed by atoms with Crippen molar-refractivity contribution in [2.24, 2.45) is 10.7 Å². The van der Waals surface area contributed by atoms with Crippen LogP contribution < -0.4 is 21.1 Å². The van der Waals surface area contributed by atoms with E-state index in [0.717, 1.165) is 38.4 Å². The number of nitrogens with zero attached hydrogens (tertiary/aromatic N) is 2. The van der Waals surface area contributed by atoms with Crippen molar-refractivity contribution >= 4 is 47.4 Å². The molecule has 0 spiro atoms. The third-order valence-electron chi connectivity index (χ3n) is 4.32. The first kappa shape index (κ1) is 24.8. The Morgan fingerprint density at radius 3 is 2.68 bits per heavy atom. The number of hydrogen-bond acceptors (Lipinski definition) is 4. The lowest BCUT2D eigenvalue weighted by Gasteiger charge is -2.32. The molecule has 1 fully saturated rings. The molecule has 1 saturated heterocycles. The molecule has 1 aliphatic rings. The van der Waals surface area contributed by atoms with Crippen LogP contribution in [0.5, 0.6) is 5.75 Å². The lowest BCUT2D eigenvalue weighted by molar-refractivity contribution is -0.119. The number of piperidine rings is 1. The lowest BCUT2D eigenvalue weighted by atomic mass is 10.1. The van der Waals surface area contributed by atoms with Crippen molar-refractivity contribution in [3.63, 3.8) is 0 Å². The maximum atomic E-state index is 11.0. The Hall–Kier alpha value is -1.26. The van der Waals surface area contributed by atoms with Crippen LogP contribution in [0.15, 0.2) is 29.3 Å². The summed E-state index contributed by atoms with van der Waals surface area (Å²) in [6.07, 6.45) is 1.80. The smallest absolute Gasteiger partial charge is 0.231 e. The number of rotatable bonds is 8. The van der Waals surface area contributed by atoms with Gasteiger partial charge in [0.05, 0.1) is 18.1 Å². The van der Waals surface area contributed by atoms with Crippen LogP contribution in [0.25, 0.3) is 0 Å². The summed E-state index contributed by atoms with van der Waals surface area (Å²) in [5.74, 6) is 1.17. The van der Waals surface area contributed by atoms with Gasteiger partial charge in [0.15, 0.2) is 5.96 Å². The summed E-state index contributed by atoms with van der Waals surface area (Å²) in [5.41, 5.74) is 5.27. The Kier molecular flexibility index (Phi) is 11.6. The second kappa shape index (κ2) is 13.1. The van der Waals surface area contributed by atoms with Gasteiger partial charge >= 0.3 is 0 Å². The molecule has 1 amide bonds. The molecule has 0 aliphatic carbocycles. The Labute approximate surface area is 189 Å². The number of nitrogens with one attached hydrogen (secondary N) is 2. The summed E-state index contributed by atoms with van der Waals surface area (Å²) in [6, 6.07) is 7.76. The molecule has 0 radical (unpaired) electrons. The summed E-state index contributed by atoms with van der Waals surface area (Å²) in [7, 11) is 0. The quantitative estimate of drug-likeness (QED) is 0.276. The maximum Gasteiger partial charge on any atom is 0.231 e. The summed E-state index contributed by atoms with van der Waals surface area (Å²) >= 11 is 6.13. The number of aliphatic imine (C=N–C) groups is 1. The van der Waals surface area contributed by atoms with Crippen molar-refractivity contribution in [1.29, 1.82) is 0 Å². The second-order valence-corrected chi connectivity index (χ2v) is 7.15. The first-order chi connectivity index (χ1) is 13.0. The van der Waals surface area contributed by atoms with Gasteiger partial charge in [0.2, 0.25) is 5.91 Å². The first-order valence-corrected chi connectivity index (χ1v) is 9.82. The molecule has 7 nitrogen and oxygen atoms in total. The van der Waals surface area contributed by atoms with Crippen LogP contribution in [-0.2, 0) is 4.79 Å². The molecule has 0 bridgehead atoms. The van der Waals surface area contributed by atoms with Gasteiger partial charge in [0, 0.05) is 25.7 Å². The molecule has 9 heteroatoms. The largest absolute Gasteiger partial charge is 0.487 e. The third-order valence-corrected chi connectivity index (χ3v) is 4.64. The average Bonchev–Trinajstić information content (AvgIpc) is 2.63. The molecule has 0 saturated carbocycles. The van der Waals surface area contributed by atoms with Crippen LogP contribution in [-0.4, -0.2) is 61.6 Å². The normalized spacial score (nSPS) is 16.8. The molecule has 1 unspecified atom stereocenters. The number of nitrogens with two attached hydrogens (primary N) is 1. The Morgan fingerprint density at radius 1 is 1.39 bits per heavy atom. The Morgan fingerprint density at radius 2 is 2.07 bits per heavy atom. The molecular weight excluding hydrogens is 493 g/mol. The van der Waals surface area contributed by atoms with Crippen LogP contribution in [0.4, 0.5) is 0 Å². The highest BCUT2D eigenvalue weighted by atomic mass is 127. The highest BCUT2D eigenvalue weighted by Gasteiger charge is 2.21. The van der Waals surface area contributed by atoms with E-state index in [9.17, 15) is 4.79 Å². The fourth-order valence-electron chi connectivity index (χ4n) is 2.98. The molecule has 158 valence electrons. The number of carbonyl (C=O) groups is 1. The number of amides is 1. The molecule has 1 aliphatic heterocycles. The molecule has 1 aromatic carbocycles. The number of guanidine groups is 1. The van der Waals surface area contributed by atoms with E-state index < -0.39 is 0 Å². The average molecular weight is 524 g/mol. The maximum absolute atomic E-state index is 11.0. The number of likely N-dealkylation sites (tertiary alicyclic amines) is 1. The number of para-hydroxylation sites is 1. The first-order valence-electron chi connectivity index (χ1n) is 9.44. The number of hydrogen-bond donors (Lipinski definition) is 3.